The molecule has 10 heteroatoms. The highest BCUT2D eigenvalue weighted by atomic mass is 32.2. The van der Waals surface area contributed by atoms with E-state index in [1.165, 1.54) is 19.1 Å². The van der Waals surface area contributed by atoms with Crippen molar-refractivity contribution in [1.29, 1.82) is 0 Å². The number of aryl methyl sites for hydroxylation is 3. The molecule has 2 N–H and O–H groups in total. The lowest BCUT2D eigenvalue weighted by Gasteiger charge is -2.22. The van der Waals surface area contributed by atoms with Crippen LogP contribution in [0.4, 0.5) is 0 Å². The molecule has 3 rings (SSSR count). The first-order valence-corrected chi connectivity index (χ1v) is 12.0. The van der Waals surface area contributed by atoms with E-state index < -0.39 is 40.5 Å². The van der Waals surface area contributed by atoms with Crippen molar-refractivity contribution < 1.29 is 32.6 Å². The zero-order valence-electron chi connectivity index (χ0n) is 19.3. The molecule has 0 aliphatic carbocycles. The van der Waals surface area contributed by atoms with Crippen LogP contribution < -0.4 is 0 Å². The molecule has 2 heterocycles. The molecule has 1 aliphatic heterocycles. The van der Waals surface area contributed by atoms with Gasteiger partial charge in [-0.25, -0.2) is 8.42 Å². The van der Waals surface area contributed by atoms with E-state index in [1.807, 2.05) is 6.92 Å². The number of aromatic nitrogens is 1. The van der Waals surface area contributed by atoms with E-state index in [-0.39, 0.29) is 29.3 Å². The van der Waals surface area contributed by atoms with Crippen LogP contribution in [0.5, 0.6) is 0 Å². The van der Waals surface area contributed by atoms with Gasteiger partial charge in [-0.2, -0.15) is 4.31 Å². The normalized spacial score (nSPS) is 19.0. The fourth-order valence-corrected chi connectivity index (χ4v) is 5.85. The van der Waals surface area contributed by atoms with Gasteiger partial charge in [0.1, 0.15) is 6.04 Å². The number of Topliss-reactive ketones (excluding diaryl/α,β-unsaturated/α-hetero) is 2. The molecule has 9 nitrogen and oxygen atoms in total. The number of β-amino-alcohol motifs (C(OH)–C–C–N with tert-alkyl or cyclic N) is 1. The number of hydrogen-bond donors (Lipinski definition) is 2. The number of rotatable bonds is 7. The Labute approximate surface area is 192 Å². The summed E-state index contributed by atoms with van der Waals surface area (Å²) >= 11 is 0. The van der Waals surface area contributed by atoms with E-state index in [4.69, 9.17) is 4.74 Å². The summed E-state index contributed by atoms with van der Waals surface area (Å²) in [6, 6.07) is 3.40. The maximum absolute atomic E-state index is 13.2. The van der Waals surface area contributed by atoms with Crippen LogP contribution >= 0.6 is 0 Å². The number of ether oxygens (including phenoxy) is 1. The summed E-state index contributed by atoms with van der Waals surface area (Å²) in [6.07, 6.45) is -1.17. The van der Waals surface area contributed by atoms with Crippen LogP contribution in [0.2, 0.25) is 0 Å². The predicted molar refractivity (Wildman–Crippen MR) is 120 cm³/mol. The summed E-state index contributed by atoms with van der Waals surface area (Å²) < 4.78 is 32.4. The minimum absolute atomic E-state index is 0.0165. The van der Waals surface area contributed by atoms with Crippen LogP contribution in [-0.4, -0.2) is 65.6 Å². The monoisotopic (exact) mass is 476 g/mol. The summed E-state index contributed by atoms with van der Waals surface area (Å²) in [5.41, 5.74) is 3.29. The van der Waals surface area contributed by atoms with Crippen LogP contribution in [0, 0.1) is 27.7 Å². The number of carbonyl (C=O) groups is 3. The quantitative estimate of drug-likeness (QED) is 0.461. The molecule has 0 amide bonds. The van der Waals surface area contributed by atoms with Crippen molar-refractivity contribution in [3.8, 4) is 0 Å². The Hall–Kier alpha value is -2.82. The number of esters is 1. The van der Waals surface area contributed by atoms with Gasteiger partial charge in [-0.1, -0.05) is 6.07 Å². The molecule has 1 fully saturated rings. The second-order valence-corrected chi connectivity index (χ2v) is 10.3. The maximum atomic E-state index is 13.2. The number of carbonyl (C=O) groups excluding carboxylic acids is 3. The van der Waals surface area contributed by atoms with Gasteiger partial charge < -0.3 is 14.8 Å². The molecule has 0 bridgehead atoms. The predicted octanol–water partition coefficient (Wildman–Crippen LogP) is 2.00. The third-order valence-electron chi connectivity index (χ3n) is 6.00. The number of nitrogens with zero attached hydrogens (tertiary/aromatic N) is 1. The lowest BCUT2D eigenvalue weighted by molar-refractivity contribution is -0.146. The third-order valence-corrected chi connectivity index (χ3v) is 7.88. The minimum Gasteiger partial charge on any atom is -0.456 e. The van der Waals surface area contributed by atoms with Crippen LogP contribution in [0.15, 0.2) is 23.1 Å². The second-order valence-electron chi connectivity index (χ2n) is 8.44. The first-order chi connectivity index (χ1) is 15.3. The number of aliphatic hydroxyl groups excluding tert-OH is 1. The van der Waals surface area contributed by atoms with E-state index in [0.717, 1.165) is 15.4 Å². The minimum atomic E-state index is -4.07. The van der Waals surface area contributed by atoms with Gasteiger partial charge in [0.2, 0.25) is 15.8 Å². The van der Waals surface area contributed by atoms with E-state index >= 15 is 0 Å². The maximum Gasteiger partial charge on any atom is 0.325 e. The Balaban J connectivity index is 1.77. The Morgan fingerprint density at radius 2 is 1.82 bits per heavy atom. The fraction of sp³-hybridized carbons (Fsp3) is 0.435. The van der Waals surface area contributed by atoms with Crippen molar-refractivity contribution in [1.82, 2.24) is 9.29 Å². The summed E-state index contributed by atoms with van der Waals surface area (Å²) in [5.74, 6) is -1.65. The molecule has 0 radical (unpaired) electrons. The highest BCUT2D eigenvalue weighted by molar-refractivity contribution is 7.89. The van der Waals surface area contributed by atoms with Crippen molar-refractivity contribution in [2.45, 2.75) is 58.1 Å². The highest BCUT2D eigenvalue weighted by Crippen LogP contribution is 2.28. The molecule has 1 aliphatic rings. The van der Waals surface area contributed by atoms with E-state index in [1.54, 1.807) is 26.8 Å². The fourth-order valence-electron chi connectivity index (χ4n) is 4.14. The second kappa shape index (κ2) is 9.20. The molecule has 1 unspecified atom stereocenters. The molecular weight excluding hydrogens is 448 g/mol. The molecule has 2 aromatic rings. The van der Waals surface area contributed by atoms with Gasteiger partial charge in [0.05, 0.1) is 16.7 Å². The first kappa shape index (κ1) is 24.8. The molecule has 0 spiro atoms. The molecule has 1 saturated heterocycles. The number of benzene rings is 1. The van der Waals surface area contributed by atoms with Crippen molar-refractivity contribution in [3.05, 3.63) is 51.8 Å². The number of nitrogens with one attached hydrogen (secondary N) is 1. The Bertz CT molecular complexity index is 1230. The van der Waals surface area contributed by atoms with Gasteiger partial charge in [-0.3, -0.25) is 14.4 Å². The van der Waals surface area contributed by atoms with Crippen LogP contribution in [0.3, 0.4) is 0 Å². The Kier molecular flexibility index (Phi) is 6.92. The zero-order valence-corrected chi connectivity index (χ0v) is 20.1. The first-order valence-electron chi connectivity index (χ1n) is 10.5. The number of aromatic amines is 1. The van der Waals surface area contributed by atoms with Gasteiger partial charge in [0.15, 0.2) is 12.4 Å². The lowest BCUT2D eigenvalue weighted by Crippen LogP contribution is -2.42. The lowest BCUT2D eigenvalue weighted by atomic mass is 10.1. The van der Waals surface area contributed by atoms with Crippen LogP contribution in [0.1, 0.15) is 56.6 Å². The Morgan fingerprint density at radius 3 is 2.39 bits per heavy atom. The Morgan fingerprint density at radius 1 is 1.15 bits per heavy atom. The largest absolute Gasteiger partial charge is 0.456 e. The average molecular weight is 477 g/mol. The smallest absolute Gasteiger partial charge is 0.325 e. The van der Waals surface area contributed by atoms with Crippen molar-refractivity contribution in [2.75, 3.05) is 13.2 Å². The molecule has 1 aromatic heterocycles. The van der Waals surface area contributed by atoms with Crippen molar-refractivity contribution in [3.63, 3.8) is 0 Å². The average Bonchev–Trinajstić information content (AvgIpc) is 3.27. The summed E-state index contributed by atoms with van der Waals surface area (Å²) in [5, 5.41) is 10.1. The van der Waals surface area contributed by atoms with E-state index in [0.29, 0.717) is 16.8 Å². The van der Waals surface area contributed by atoms with Gasteiger partial charge in [-0.05, 0) is 63.4 Å². The number of H-pyrrole nitrogens is 1. The molecule has 178 valence electrons. The molecular formula is C23H28N2O7S. The SMILES string of the molecule is CC(=O)c1c(C)[nH]c(C(=O)COC(=O)[C@@H]2CC(O)CN2S(=O)(=O)c2ccc(C)c(C)c2)c1C. The molecule has 1 aromatic carbocycles. The van der Waals surface area contributed by atoms with Gasteiger partial charge in [0.25, 0.3) is 0 Å². The zero-order chi connectivity index (χ0) is 24.7. The van der Waals surface area contributed by atoms with E-state index in [2.05, 4.69) is 4.98 Å². The van der Waals surface area contributed by atoms with E-state index in [9.17, 15) is 27.9 Å². The number of aliphatic hydroxyl groups is 1. The van der Waals surface area contributed by atoms with Crippen molar-refractivity contribution in [2.24, 2.45) is 0 Å². The highest BCUT2D eigenvalue weighted by Gasteiger charge is 2.44. The number of sulfonamides is 1. The molecule has 0 saturated carbocycles. The topological polar surface area (TPSA) is 134 Å². The van der Waals surface area contributed by atoms with Crippen LogP contribution in [-0.2, 0) is 19.6 Å². The van der Waals surface area contributed by atoms with Gasteiger partial charge in [0, 0.05) is 24.2 Å². The number of hydrogen-bond acceptors (Lipinski definition) is 7. The molecule has 2 atom stereocenters. The number of ketones is 2. The molecule has 33 heavy (non-hydrogen) atoms. The summed E-state index contributed by atoms with van der Waals surface area (Å²) in [7, 11) is -4.07. The van der Waals surface area contributed by atoms with Gasteiger partial charge in [-0.15, -0.1) is 0 Å². The summed E-state index contributed by atoms with van der Waals surface area (Å²) in [4.78, 5) is 40.0. The standard InChI is InChI=1S/C23H28N2O7S/c1-12-6-7-18(8-13(12)2)33(30,31)25-10-17(27)9-19(25)23(29)32-11-20(28)22-14(3)21(16(5)26)15(4)24-22/h6-8,17,19,24,27H,9-11H2,1-5H3/t17?,19-/m0/s1. The van der Waals surface area contributed by atoms with Crippen LogP contribution in [0.25, 0.3) is 0 Å². The third kappa shape index (κ3) is 4.78. The summed E-state index contributed by atoms with van der Waals surface area (Å²) in [6.45, 7) is 7.46. The van der Waals surface area contributed by atoms with Crippen molar-refractivity contribution >= 4 is 27.6 Å². The van der Waals surface area contributed by atoms with Gasteiger partial charge >= 0.3 is 5.97 Å².